The monoisotopic (exact) mass is 228 g/mol. The molecule has 3 heteroatoms. The van der Waals surface area contributed by atoms with Gasteiger partial charge in [0.05, 0.1) is 6.61 Å². The number of hydrogen-bond donors (Lipinski definition) is 2. The fraction of sp³-hybridized carbons (Fsp3) is 0.846. The Kier molecular flexibility index (Phi) is 7.64. The van der Waals surface area contributed by atoms with Gasteiger partial charge in [0.2, 0.25) is 0 Å². The van der Waals surface area contributed by atoms with Crippen LogP contribution in [0.4, 0.5) is 0 Å². The van der Waals surface area contributed by atoms with Gasteiger partial charge in [0, 0.05) is 19.6 Å². The Morgan fingerprint density at radius 1 is 1.44 bits per heavy atom. The molecule has 0 saturated heterocycles. The lowest BCUT2D eigenvalue weighted by atomic mass is 9.84. The van der Waals surface area contributed by atoms with Gasteiger partial charge in [0.15, 0.2) is 0 Å². The van der Waals surface area contributed by atoms with Crippen molar-refractivity contribution in [1.82, 2.24) is 4.90 Å². The minimum absolute atomic E-state index is 0.195. The zero-order chi connectivity index (χ0) is 12.6. The number of hydrogen-bond acceptors (Lipinski definition) is 3. The van der Waals surface area contributed by atoms with Crippen LogP contribution in [0.15, 0.2) is 12.7 Å². The van der Waals surface area contributed by atoms with E-state index in [4.69, 9.17) is 10.8 Å². The number of nitrogens with two attached hydrogens (primary N) is 1. The highest BCUT2D eigenvalue weighted by Gasteiger charge is 2.19. The summed E-state index contributed by atoms with van der Waals surface area (Å²) in [6.45, 7) is 13.8. The van der Waals surface area contributed by atoms with E-state index in [-0.39, 0.29) is 6.61 Å². The van der Waals surface area contributed by atoms with E-state index in [2.05, 4.69) is 32.3 Å². The normalized spacial score (nSPS) is 14.1. The Morgan fingerprint density at radius 3 is 2.44 bits per heavy atom. The number of aliphatic hydroxyl groups excluding tert-OH is 1. The lowest BCUT2D eigenvalue weighted by Crippen LogP contribution is -2.36. The fourth-order valence-corrected chi connectivity index (χ4v) is 2.03. The Balaban J connectivity index is 4.19. The molecule has 3 N–H and O–H groups in total. The summed E-state index contributed by atoms with van der Waals surface area (Å²) < 4.78 is 0. The molecule has 0 aromatic heterocycles. The molecule has 0 heterocycles. The average Bonchev–Trinajstić information content (AvgIpc) is 2.15. The summed E-state index contributed by atoms with van der Waals surface area (Å²) in [4.78, 5) is 2.20. The van der Waals surface area contributed by atoms with Crippen LogP contribution in [0.1, 0.15) is 27.2 Å². The highest BCUT2D eigenvalue weighted by molar-refractivity contribution is 4.78. The van der Waals surface area contributed by atoms with E-state index in [0.29, 0.717) is 24.4 Å². The molecule has 0 aliphatic rings. The van der Waals surface area contributed by atoms with Gasteiger partial charge >= 0.3 is 0 Å². The topological polar surface area (TPSA) is 49.5 Å². The van der Waals surface area contributed by atoms with Gasteiger partial charge in [-0.15, -0.1) is 6.58 Å². The van der Waals surface area contributed by atoms with Crippen LogP contribution in [0.3, 0.4) is 0 Å². The summed E-state index contributed by atoms with van der Waals surface area (Å²) in [5, 5.41) is 8.97. The van der Waals surface area contributed by atoms with Crippen molar-refractivity contribution >= 4 is 0 Å². The molecule has 0 aliphatic heterocycles. The van der Waals surface area contributed by atoms with Crippen LogP contribution < -0.4 is 5.73 Å². The van der Waals surface area contributed by atoms with Gasteiger partial charge in [-0.25, -0.2) is 0 Å². The minimum Gasteiger partial charge on any atom is -0.395 e. The molecule has 96 valence electrons. The predicted molar refractivity (Wildman–Crippen MR) is 70.3 cm³/mol. The molecular weight excluding hydrogens is 200 g/mol. The largest absolute Gasteiger partial charge is 0.395 e. The SMILES string of the molecule is C=CCN(CCO)CC(CN)CC(C)(C)C. The van der Waals surface area contributed by atoms with Crippen molar-refractivity contribution in [3.63, 3.8) is 0 Å². The summed E-state index contributed by atoms with van der Waals surface area (Å²) in [6.07, 6.45) is 2.99. The van der Waals surface area contributed by atoms with Gasteiger partial charge in [0.25, 0.3) is 0 Å². The molecule has 16 heavy (non-hydrogen) atoms. The average molecular weight is 228 g/mol. The molecule has 0 spiro atoms. The molecule has 0 aromatic rings. The fourth-order valence-electron chi connectivity index (χ4n) is 2.03. The van der Waals surface area contributed by atoms with Crippen molar-refractivity contribution in [1.29, 1.82) is 0 Å². The van der Waals surface area contributed by atoms with Crippen molar-refractivity contribution in [3.05, 3.63) is 12.7 Å². The molecule has 0 radical (unpaired) electrons. The Morgan fingerprint density at radius 2 is 2.06 bits per heavy atom. The van der Waals surface area contributed by atoms with Gasteiger partial charge < -0.3 is 10.8 Å². The van der Waals surface area contributed by atoms with E-state index in [1.54, 1.807) is 0 Å². The van der Waals surface area contributed by atoms with Gasteiger partial charge in [0.1, 0.15) is 0 Å². The quantitative estimate of drug-likeness (QED) is 0.619. The number of rotatable bonds is 8. The minimum atomic E-state index is 0.195. The van der Waals surface area contributed by atoms with Crippen LogP contribution in [-0.2, 0) is 0 Å². The Bertz CT molecular complexity index is 187. The van der Waals surface area contributed by atoms with Crippen LogP contribution >= 0.6 is 0 Å². The van der Waals surface area contributed by atoms with E-state index < -0.39 is 0 Å². The molecule has 1 unspecified atom stereocenters. The van der Waals surface area contributed by atoms with E-state index in [0.717, 1.165) is 19.5 Å². The van der Waals surface area contributed by atoms with Crippen molar-refractivity contribution < 1.29 is 5.11 Å². The summed E-state index contributed by atoms with van der Waals surface area (Å²) in [7, 11) is 0. The third kappa shape index (κ3) is 7.85. The smallest absolute Gasteiger partial charge is 0.0558 e. The van der Waals surface area contributed by atoms with Gasteiger partial charge in [-0.2, -0.15) is 0 Å². The van der Waals surface area contributed by atoms with E-state index in [1.165, 1.54) is 0 Å². The standard InChI is InChI=1S/C13H28N2O/c1-5-6-15(7-8-16)11-12(10-14)9-13(2,3)4/h5,12,16H,1,6-11,14H2,2-4H3. The summed E-state index contributed by atoms with van der Waals surface area (Å²) in [5.41, 5.74) is 6.11. The molecule has 0 amide bonds. The zero-order valence-electron chi connectivity index (χ0n) is 11.1. The number of aliphatic hydroxyl groups is 1. The second-order valence-electron chi connectivity index (χ2n) is 5.64. The summed E-state index contributed by atoms with van der Waals surface area (Å²) in [6, 6.07) is 0. The van der Waals surface area contributed by atoms with Crippen molar-refractivity contribution in [2.75, 3.05) is 32.8 Å². The Labute approximate surface area is 100 Å². The first-order chi connectivity index (χ1) is 7.42. The highest BCUT2D eigenvalue weighted by Crippen LogP contribution is 2.24. The molecule has 0 rings (SSSR count). The van der Waals surface area contributed by atoms with Crippen LogP contribution in [0, 0.1) is 11.3 Å². The molecule has 3 nitrogen and oxygen atoms in total. The summed E-state index contributed by atoms with van der Waals surface area (Å²) in [5.74, 6) is 0.492. The van der Waals surface area contributed by atoms with Crippen LogP contribution in [0.5, 0.6) is 0 Å². The van der Waals surface area contributed by atoms with E-state index in [9.17, 15) is 0 Å². The third-order valence-corrected chi connectivity index (χ3v) is 2.55. The van der Waals surface area contributed by atoms with Gasteiger partial charge in [-0.1, -0.05) is 26.8 Å². The maximum Gasteiger partial charge on any atom is 0.0558 e. The van der Waals surface area contributed by atoms with Crippen molar-refractivity contribution in [3.8, 4) is 0 Å². The van der Waals surface area contributed by atoms with Crippen molar-refractivity contribution in [2.45, 2.75) is 27.2 Å². The molecule has 0 aromatic carbocycles. The van der Waals surface area contributed by atoms with Crippen molar-refractivity contribution in [2.24, 2.45) is 17.1 Å². The maximum absolute atomic E-state index is 8.97. The van der Waals surface area contributed by atoms with Crippen LogP contribution in [-0.4, -0.2) is 42.8 Å². The van der Waals surface area contributed by atoms with Gasteiger partial charge in [-0.05, 0) is 24.3 Å². The molecule has 0 fully saturated rings. The maximum atomic E-state index is 8.97. The first-order valence-electron chi connectivity index (χ1n) is 6.07. The number of nitrogens with zero attached hydrogens (tertiary/aromatic N) is 1. The molecule has 0 bridgehead atoms. The lowest BCUT2D eigenvalue weighted by Gasteiger charge is -2.29. The first-order valence-corrected chi connectivity index (χ1v) is 6.07. The van der Waals surface area contributed by atoms with Crippen LogP contribution in [0.25, 0.3) is 0 Å². The highest BCUT2D eigenvalue weighted by atomic mass is 16.3. The second-order valence-corrected chi connectivity index (χ2v) is 5.64. The Hall–Kier alpha value is -0.380. The lowest BCUT2D eigenvalue weighted by molar-refractivity contribution is 0.170. The first kappa shape index (κ1) is 15.6. The zero-order valence-corrected chi connectivity index (χ0v) is 11.1. The predicted octanol–water partition coefficient (Wildman–Crippen LogP) is 1.48. The molecule has 0 saturated carbocycles. The van der Waals surface area contributed by atoms with E-state index >= 15 is 0 Å². The molecule has 0 aliphatic carbocycles. The second kappa shape index (κ2) is 7.82. The van der Waals surface area contributed by atoms with Crippen LogP contribution in [0.2, 0.25) is 0 Å². The molecule has 1 atom stereocenters. The molecular formula is C13H28N2O. The van der Waals surface area contributed by atoms with Gasteiger partial charge in [-0.3, -0.25) is 4.90 Å². The van der Waals surface area contributed by atoms with E-state index in [1.807, 2.05) is 6.08 Å². The third-order valence-electron chi connectivity index (χ3n) is 2.55. The summed E-state index contributed by atoms with van der Waals surface area (Å²) >= 11 is 0.